The van der Waals surface area contributed by atoms with Gasteiger partial charge in [-0.3, -0.25) is 0 Å². The molecule has 1 aromatic rings. The molecule has 0 spiro atoms. The molecule has 0 bridgehead atoms. The summed E-state index contributed by atoms with van der Waals surface area (Å²) >= 11 is 0. The standard InChI is InChI=1S/C13H19N/c1-4-14-13-6-5-11-10(3)7-9(2)8-12(11)13/h7-8,13-14H,4-6H2,1-3H3. The molecule has 0 saturated heterocycles. The van der Waals surface area contributed by atoms with Gasteiger partial charge in [-0.25, -0.2) is 0 Å². The van der Waals surface area contributed by atoms with E-state index in [9.17, 15) is 0 Å². The highest BCUT2D eigenvalue weighted by Crippen LogP contribution is 2.33. The molecule has 1 nitrogen and oxygen atoms in total. The number of nitrogens with one attached hydrogen (secondary N) is 1. The van der Waals surface area contributed by atoms with Crippen molar-refractivity contribution < 1.29 is 0 Å². The fourth-order valence-electron chi connectivity index (χ4n) is 2.59. The van der Waals surface area contributed by atoms with Crippen LogP contribution in [0.5, 0.6) is 0 Å². The highest BCUT2D eigenvalue weighted by Gasteiger charge is 2.22. The van der Waals surface area contributed by atoms with Gasteiger partial charge in [0.2, 0.25) is 0 Å². The summed E-state index contributed by atoms with van der Waals surface area (Å²) in [7, 11) is 0. The summed E-state index contributed by atoms with van der Waals surface area (Å²) in [6.45, 7) is 7.67. The summed E-state index contributed by atoms with van der Waals surface area (Å²) in [6, 6.07) is 5.25. The molecule has 76 valence electrons. The largest absolute Gasteiger partial charge is 0.310 e. The van der Waals surface area contributed by atoms with Crippen molar-refractivity contribution in [3.05, 3.63) is 34.4 Å². The summed E-state index contributed by atoms with van der Waals surface area (Å²) in [6.07, 6.45) is 2.52. The van der Waals surface area contributed by atoms with E-state index in [0.29, 0.717) is 6.04 Å². The van der Waals surface area contributed by atoms with E-state index in [0.717, 1.165) is 6.54 Å². The molecular weight excluding hydrogens is 170 g/mol. The molecule has 1 aliphatic carbocycles. The topological polar surface area (TPSA) is 12.0 Å². The van der Waals surface area contributed by atoms with Gasteiger partial charge in [-0.1, -0.05) is 24.6 Å². The molecule has 0 heterocycles. The molecule has 0 saturated carbocycles. The molecule has 0 aromatic heterocycles. The average Bonchev–Trinajstić information content (AvgIpc) is 2.49. The van der Waals surface area contributed by atoms with Crippen molar-refractivity contribution >= 4 is 0 Å². The number of benzene rings is 1. The lowest BCUT2D eigenvalue weighted by atomic mass is 10.00. The molecule has 0 aliphatic heterocycles. The fraction of sp³-hybridized carbons (Fsp3) is 0.538. The highest BCUT2D eigenvalue weighted by atomic mass is 14.9. The molecule has 0 fully saturated rings. The maximum absolute atomic E-state index is 3.56. The second-order valence-electron chi connectivity index (χ2n) is 4.30. The minimum atomic E-state index is 0.605. The second kappa shape index (κ2) is 3.74. The summed E-state index contributed by atoms with van der Waals surface area (Å²) < 4.78 is 0. The third-order valence-electron chi connectivity index (χ3n) is 3.16. The first-order valence-corrected chi connectivity index (χ1v) is 5.55. The zero-order valence-electron chi connectivity index (χ0n) is 9.35. The third kappa shape index (κ3) is 1.57. The van der Waals surface area contributed by atoms with Crippen LogP contribution in [0.2, 0.25) is 0 Å². The Morgan fingerprint density at radius 2 is 2.14 bits per heavy atom. The average molecular weight is 189 g/mol. The fourth-order valence-corrected chi connectivity index (χ4v) is 2.59. The van der Waals surface area contributed by atoms with Crippen LogP contribution in [0.3, 0.4) is 0 Å². The normalized spacial score (nSPS) is 19.8. The summed E-state index contributed by atoms with van der Waals surface area (Å²) in [5.74, 6) is 0. The van der Waals surface area contributed by atoms with E-state index in [1.807, 2.05) is 0 Å². The molecule has 1 N–H and O–H groups in total. The third-order valence-corrected chi connectivity index (χ3v) is 3.16. The Morgan fingerprint density at radius 3 is 2.86 bits per heavy atom. The van der Waals surface area contributed by atoms with Crippen LogP contribution in [-0.4, -0.2) is 6.54 Å². The van der Waals surface area contributed by atoms with Gasteiger partial charge in [0, 0.05) is 6.04 Å². The second-order valence-corrected chi connectivity index (χ2v) is 4.30. The van der Waals surface area contributed by atoms with Gasteiger partial charge < -0.3 is 5.32 Å². The van der Waals surface area contributed by atoms with Crippen molar-refractivity contribution in [1.82, 2.24) is 5.32 Å². The van der Waals surface area contributed by atoms with Crippen molar-refractivity contribution in [2.24, 2.45) is 0 Å². The molecule has 2 rings (SSSR count). The number of hydrogen-bond acceptors (Lipinski definition) is 1. The first-order chi connectivity index (χ1) is 6.72. The van der Waals surface area contributed by atoms with Crippen LogP contribution in [0, 0.1) is 13.8 Å². The van der Waals surface area contributed by atoms with Crippen molar-refractivity contribution in [2.75, 3.05) is 6.54 Å². The lowest BCUT2D eigenvalue weighted by Gasteiger charge is -2.13. The lowest BCUT2D eigenvalue weighted by molar-refractivity contribution is 0.549. The van der Waals surface area contributed by atoms with Crippen molar-refractivity contribution in [3.63, 3.8) is 0 Å². The Bertz CT molecular complexity index is 341. The predicted molar refractivity (Wildman–Crippen MR) is 60.7 cm³/mol. The quantitative estimate of drug-likeness (QED) is 0.754. The number of aryl methyl sites for hydroxylation is 2. The SMILES string of the molecule is CCNC1CCc2c(C)cc(C)cc21. The summed E-state index contributed by atoms with van der Waals surface area (Å²) in [5, 5.41) is 3.56. The monoisotopic (exact) mass is 189 g/mol. The number of fused-ring (bicyclic) bond motifs is 1. The van der Waals surface area contributed by atoms with Crippen LogP contribution in [0.1, 0.15) is 41.6 Å². The molecule has 1 unspecified atom stereocenters. The van der Waals surface area contributed by atoms with E-state index >= 15 is 0 Å². The minimum absolute atomic E-state index is 0.605. The first-order valence-electron chi connectivity index (χ1n) is 5.55. The maximum atomic E-state index is 3.56. The Labute approximate surface area is 86.5 Å². The van der Waals surface area contributed by atoms with Gasteiger partial charge in [-0.2, -0.15) is 0 Å². The van der Waals surface area contributed by atoms with Crippen molar-refractivity contribution in [1.29, 1.82) is 0 Å². The zero-order valence-corrected chi connectivity index (χ0v) is 9.35. The molecular formula is C13H19N. The molecule has 1 heteroatoms. The van der Waals surface area contributed by atoms with Crippen LogP contribution in [0.25, 0.3) is 0 Å². The zero-order chi connectivity index (χ0) is 10.1. The van der Waals surface area contributed by atoms with Gasteiger partial charge in [-0.05, 0) is 49.9 Å². The summed E-state index contributed by atoms with van der Waals surface area (Å²) in [5.41, 5.74) is 6.00. The van der Waals surface area contributed by atoms with Crippen LogP contribution < -0.4 is 5.32 Å². The predicted octanol–water partition coefficient (Wildman–Crippen LogP) is 2.90. The molecule has 0 amide bonds. The molecule has 1 aromatic carbocycles. The van der Waals surface area contributed by atoms with E-state index in [4.69, 9.17) is 0 Å². The molecule has 14 heavy (non-hydrogen) atoms. The minimum Gasteiger partial charge on any atom is -0.310 e. The smallest absolute Gasteiger partial charge is 0.0326 e. The summed E-state index contributed by atoms with van der Waals surface area (Å²) in [4.78, 5) is 0. The number of hydrogen-bond donors (Lipinski definition) is 1. The van der Waals surface area contributed by atoms with E-state index < -0.39 is 0 Å². The highest BCUT2D eigenvalue weighted by molar-refractivity contribution is 5.43. The van der Waals surface area contributed by atoms with Gasteiger partial charge in [0.15, 0.2) is 0 Å². The van der Waals surface area contributed by atoms with Crippen molar-refractivity contribution in [2.45, 2.75) is 39.7 Å². The van der Waals surface area contributed by atoms with Crippen LogP contribution in [-0.2, 0) is 6.42 Å². The number of rotatable bonds is 2. The lowest BCUT2D eigenvalue weighted by Crippen LogP contribution is -2.18. The molecule has 1 atom stereocenters. The van der Waals surface area contributed by atoms with Crippen molar-refractivity contribution in [3.8, 4) is 0 Å². The van der Waals surface area contributed by atoms with E-state index in [-0.39, 0.29) is 0 Å². The van der Waals surface area contributed by atoms with E-state index in [1.165, 1.54) is 24.0 Å². The van der Waals surface area contributed by atoms with Gasteiger partial charge >= 0.3 is 0 Å². The van der Waals surface area contributed by atoms with Crippen LogP contribution in [0.15, 0.2) is 12.1 Å². The molecule has 1 aliphatic rings. The maximum Gasteiger partial charge on any atom is 0.0326 e. The van der Waals surface area contributed by atoms with Gasteiger partial charge in [0.05, 0.1) is 0 Å². The Morgan fingerprint density at radius 1 is 1.36 bits per heavy atom. The Kier molecular flexibility index (Phi) is 2.60. The van der Waals surface area contributed by atoms with Gasteiger partial charge in [0.1, 0.15) is 0 Å². The van der Waals surface area contributed by atoms with Gasteiger partial charge in [0.25, 0.3) is 0 Å². The van der Waals surface area contributed by atoms with Gasteiger partial charge in [-0.15, -0.1) is 0 Å². The van der Waals surface area contributed by atoms with Crippen LogP contribution in [0.4, 0.5) is 0 Å². The van der Waals surface area contributed by atoms with Crippen LogP contribution >= 0.6 is 0 Å². The van der Waals surface area contributed by atoms with E-state index in [1.54, 1.807) is 11.1 Å². The Balaban J connectivity index is 2.38. The molecule has 0 radical (unpaired) electrons. The first kappa shape index (κ1) is 9.72. The van der Waals surface area contributed by atoms with E-state index in [2.05, 4.69) is 38.2 Å². The Hall–Kier alpha value is -0.820.